The van der Waals surface area contributed by atoms with Gasteiger partial charge in [-0.05, 0) is 94.0 Å². The van der Waals surface area contributed by atoms with Crippen LogP contribution in [0.3, 0.4) is 0 Å². The number of hydrogen-bond donors (Lipinski definition) is 1. The zero-order valence-electron chi connectivity index (χ0n) is 20.9. The van der Waals surface area contributed by atoms with Crippen molar-refractivity contribution in [2.24, 2.45) is 40.4 Å². The number of carbonyl (C=O) groups is 2. The molecule has 1 N–H and O–H groups in total. The summed E-state index contributed by atoms with van der Waals surface area (Å²) in [5.74, 6) is 2.59. The van der Waals surface area contributed by atoms with Crippen molar-refractivity contribution in [3.05, 3.63) is 0 Å². The van der Waals surface area contributed by atoms with Gasteiger partial charge in [0.2, 0.25) is 0 Å². The van der Waals surface area contributed by atoms with Gasteiger partial charge < -0.3 is 9.84 Å². The Hall–Kier alpha value is -0.940. The molecule has 32 heavy (non-hydrogen) atoms. The van der Waals surface area contributed by atoms with Gasteiger partial charge in [-0.15, -0.1) is 0 Å². The van der Waals surface area contributed by atoms with Crippen LogP contribution in [-0.4, -0.2) is 53.6 Å². The van der Waals surface area contributed by atoms with Gasteiger partial charge in [0.05, 0.1) is 12.6 Å². The van der Waals surface area contributed by atoms with E-state index in [1.165, 1.54) is 6.42 Å². The number of esters is 1. The third-order valence-electron chi connectivity index (χ3n) is 10.7. The Bertz CT molecular complexity index is 720. The number of aliphatic hydroxyl groups is 1. The van der Waals surface area contributed by atoms with Gasteiger partial charge >= 0.3 is 5.97 Å². The molecular formula is C27H45NO4. The van der Waals surface area contributed by atoms with Crippen molar-refractivity contribution in [3.63, 3.8) is 0 Å². The summed E-state index contributed by atoms with van der Waals surface area (Å²) in [4.78, 5) is 27.4. The van der Waals surface area contributed by atoms with Crippen LogP contribution >= 0.6 is 0 Å². The molecule has 0 saturated heterocycles. The zero-order chi connectivity index (χ0) is 23.3. The number of fused-ring (bicyclic) bond motifs is 5. The standard InChI is InChI=1S/C27H45NO4/c1-6-28(7-2)16-25(31)32-24-15-19(30)14-18-8-9-20-22-11-10-21(17(3)29)26(22,4)13-12-23(20)27(18,24)5/h18-24,30H,6-16H2,1-5H3/t18-,19-,20-,21+,22-,23-,24?,26+,27-/m0/s1. The van der Waals surface area contributed by atoms with E-state index in [1.54, 1.807) is 6.92 Å². The minimum absolute atomic E-state index is 0.0727. The average Bonchev–Trinajstić information content (AvgIpc) is 3.10. The van der Waals surface area contributed by atoms with Crippen molar-refractivity contribution in [2.45, 2.75) is 98.2 Å². The lowest BCUT2D eigenvalue weighted by atomic mass is 9.44. The minimum Gasteiger partial charge on any atom is -0.461 e. The van der Waals surface area contributed by atoms with E-state index in [1.807, 2.05) is 0 Å². The summed E-state index contributed by atoms with van der Waals surface area (Å²) in [5, 5.41) is 10.7. The van der Waals surface area contributed by atoms with E-state index >= 15 is 0 Å². The summed E-state index contributed by atoms with van der Waals surface area (Å²) in [6.45, 7) is 12.7. The highest BCUT2D eigenvalue weighted by atomic mass is 16.5. The first kappa shape index (κ1) is 24.2. The number of carbonyl (C=O) groups excluding carboxylic acids is 2. The second-order valence-corrected chi connectivity index (χ2v) is 11.9. The Labute approximate surface area is 194 Å². The molecule has 0 spiro atoms. The molecule has 9 atom stereocenters. The van der Waals surface area contributed by atoms with Crippen molar-refractivity contribution in [1.29, 1.82) is 0 Å². The SMILES string of the molecule is CCN(CC)CC(=O)OC1C[C@@H](O)C[C@@H]2CC[C@H]3[C@@H]4CC[C@H](C(C)=O)[C@@]4(C)CC[C@@H]3[C@@]12C. The fourth-order valence-corrected chi connectivity index (χ4v) is 8.94. The van der Waals surface area contributed by atoms with Gasteiger partial charge in [-0.2, -0.15) is 0 Å². The molecule has 0 amide bonds. The fourth-order valence-electron chi connectivity index (χ4n) is 8.94. The number of ketones is 1. The number of aliphatic hydroxyl groups excluding tert-OH is 1. The lowest BCUT2D eigenvalue weighted by Gasteiger charge is -2.62. The van der Waals surface area contributed by atoms with Crippen LogP contribution in [0, 0.1) is 40.4 Å². The molecule has 4 fully saturated rings. The van der Waals surface area contributed by atoms with Gasteiger partial charge in [0, 0.05) is 17.8 Å². The normalized spacial score (nSPS) is 45.7. The highest BCUT2D eigenvalue weighted by Crippen LogP contribution is 2.67. The van der Waals surface area contributed by atoms with Crippen LogP contribution in [0.5, 0.6) is 0 Å². The summed E-state index contributed by atoms with van der Waals surface area (Å²) in [6, 6.07) is 0. The highest BCUT2D eigenvalue weighted by molar-refractivity contribution is 5.79. The molecule has 0 aromatic rings. The molecule has 0 aromatic heterocycles. The molecule has 4 aliphatic carbocycles. The topological polar surface area (TPSA) is 66.8 Å². The molecule has 0 bridgehead atoms. The third kappa shape index (κ3) is 3.85. The minimum atomic E-state index is -0.377. The van der Waals surface area contributed by atoms with E-state index in [0.717, 1.165) is 51.6 Å². The van der Waals surface area contributed by atoms with Gasteiger partial charge in [0.25, 0.3) is 0 Å². The largest absolute Gasteiger partial charge is 0.461 e. The number of rotatable bonds is 6. The summed E-state index contributed by atoms with van der Waals surface area (Å²) in [7, 11) is 0. The summed E-state index contributed by atoms with van der Waals surface area (Å²) >= 11 is 0. The molecular weight excluding hydrogens is 402 g/mol. The highest BCUT2D eigenvalue weighted by Gasteiger charge is 2.63. The number of ether oxygens (including phenoxy) is 1. The predicted octanol–water partition coefficient (Wildman–Crippen LogP) is 4.46. The van der Waals surface area contributed by atoms with E-state index in [2.05, 4.69) is 32.6 Å². The van der Waals surface area contributed by atoms with E-state index in [9.17, 15) is 14.7 Å². The molecule has 1 unspecified atom stereocenters. The monoisotopic (exact) mass is 447 g/mol. The molecule has 0 aliphatic heterocycles. The maximum absolute atomic E-state index is 12.9. The Kier molecular flexibility index (Phi) is 6.82. The Morgan fingerprint density at radius 2 is 1.72 bits per heavy atom. The lowest BCUT2D eigenvalue weighted by Crippen LogP contribution is -2.60. The van der Waals surface area contributed by atoms with Crippen LogP contribution in [0.1, 0.15) is 86.0 Å². The first-order valence-electron chi connectivity index (χ1n) is 13.2. The van der Waals surface area contributed by atoms with Crippen molar-refractivity contribution in [3.8, 4) is 0 Å². The maximum Gasteiger partial charge on any atom is 0.320 e. The van der Waals surface area contributed by atoms with Crippen molar-refractivity contribution in [1.82, 2.24) is 4.90 Å². The molecule has 4 rings (SSSR count). The van der Waals surface area contributed by atoms with E-state index in [0.29, 0.717) is 42.4 Å². The van der Waals surface area contributed by atoms with Gasteiger partial charge in [-0.1, -0.05) is 27.7 Å². The van der Waals surface area contributed by atoms with E-state index in [-0.39, 0.29) is 34.9 Å². The molecule has 0 heterocycles. The van der Waals surface area contributed by atoms with Gasteiger partial charge in [0.15, 0.2) is 0 Å². The average molecular weight is 448 g/mol. The van der Waals surface area contributed by atoms with E-state index in [4.69, 9.17) is 4.74 Å². The lowest BCUT2D eigenvalue weighted by molar-refractivity contribution is -0.203. The van der Waals surface area contributed by atoms with Crippen LogP contribution in [-0.2, 0) is 14.3 Å². The first-order valence-corrected chi connectivity index (χ1v) is 13.2. The van der Waals surface area contributed by atoms with Crippen molar-refractivity contribution >= 4 is 11.8 Å². The van der Waals surface area contributed by atoms with Gasteiger partial charge in [-0.3, -0.25) is 14.5 Å². The predicted molar refractivity (Wildman–Crippen MR) is 125 cm³/mol. The summed E-state index contributed by atoms with van der Waals surface area (Å²) in [6.07, 6.45) is 7.56. The first-order chi connectivity index (χ1) is 15.1. The van der Waals surface area contributed by atoms with Gasteiger partial charge in [0.1, 0.15) is 11.9 Å². The number of Topliss-reactive ketones (excluding diaryl/α,β-unsaturated/α-hetero) is 1. The van der Waals surface area contributed by atoms with Crippen LogP contribution < -0.4 is 0 Å². The fraction of sp³-hybridized carbons (Fsp3) is 0.926. The Morgan fingerprint density at radius 1 is 1.00 bits per heavy atom. The quantitative estimate of drug-likeness (QED) is 0.609. The maximum atomic E-state index is 12.9. The summed E-state index contributed by atoms with van der Waals surface area (Å²) < 4.78 is 6.22. The Balaban J connectivity index is 1.58. The molecule has 182 valence electrons. The number of nitrogens with zero attached hydrogens (tertiary/aromatic N) is 1. The number of likely N-dealkylation sites (N-methyl/N-ethyl adjacent to an activating group) is 1. The molecule has 4 saturated carbocycles. The van der Waals surface area contributed by atoms with Crippen molar-refractivity contribution < 1.29 is 19.4 Å². The molecule has 4 aliphatic rings. The van der Waals surface area contributed by atoms with Crippen LogP contribution in [0.25, 0.3) is 0 Å². The van der Waals surface area contributed by atoms with Crippen LogP contribution in [0.4, 0.5) is 0 Å². The zero-order valence-corrected chi connectivity index (χ0v) is 20.9. The van der Waals surface area contributed by atoms with E-state index < -0.39 is 0 Å². The molecule has 5 nitrogen and oxygen atoms in total. The molecule has 5 heteroatoms. The van der Waals surface area contributed by atoms with Gasteiger partial charge in [-0.25, -0.2) is 0 Å². The van der Waals surface area contributed by atoms with Crippen LogP contribution in [0.15, 0.2) is 0 Å². The van der Waals surface area contributed by atoms with Crippen LogP contribution in [0.2, 0.25) is 0 Å². The molecule has 0 aromatic carbocycles. The number of hydrogen-bond acceptors (Lipinski definition) is 5. The second-order valence-electron chi connectivity index (χ2n) is 11.9. The Morgan fingerprint density at radius 3 is 2.38 bits per heavy atom. The molecule has 0 radical (unpaired) electrons. The summed E-state index contributed by atoms with van der Waals surface area (Å²) in [5.41, 5.74) is 0.0655. The van der Waals surface area contributed by atoms with Crippen molar-refractivity contribution in [2.75, 3.05) is 19.6 Å². The smallest absolute Gasteiger partial charge is 0.320 e. The third-order valence-corrected chi connectivity index (χ3v) is 10.7. The second kappa shape index (κ2) is 9.02.